The number of alkyl halides is 5. The number of aldehydes is 1. The number of carbonyl (C=O) groups excluding carboxylic acids is 3. The van der Waals surface area contributed by atoms with Gasteiger partial charge in [0.25, 0.3) is 5.92 Å². The quantitative estimate of drug-likeness (QED) is 0.0350. The van der Waals surface area contributed by atoms with Crippen LogP contribution in [0.5, 0.6) is 0 Å². The lowest BCUT2D eigenvalue weighted by molar-refractivity contribution is -0.137. The second kappa shape index (κ2) is 24.6. The number of amides is 2. The van der Waals surface area contributed by atoms with Crippen molar-refractivity contribution in [2.45, 2.75) is 108 Å². The predicted octanol–water partition coefficient (Wildman–Crippen LogP) is 10.1. The number of anilines is 4. The van der Waals surface area contributed by atoms with E-state index >= 15 is 0 Å². The summed E-state index contributed by atoms with van der Waals surface area (Å²) in [7, 11) is 5.05. The molecule has 0 spiro atoms. The van der Waals surface area contributed by atoms with E-state index in [9.17, 15) is 36.3 Å². The van der Waals surface area contributed by atoms with Crippen LogP contribution in [0.2, 0.25) is 0 Å². The molecule has 7 rings (SSSR count). The molecule has 2 fully saturated rings. The molecular weight excluding hydrogens is 934 g/mol. The number of rotatable bonds is 24. The largest absolute Gasteiger partial charge is 0.416 e. The summed E-state index contributed by atoms with van der Waals surface area (Å²) in [6.07, 6.45) is 10.00. The number of hydrogen-bond donors (Lipinski definition) is 2. The van der Waals surface area contributed by atoms with E-state index in [-0.39, 0.29) is 30.0 Å². The lowest BCUT2D eigenvalue weighted by atomic mass is 9.95. The van der Waals surface area contributed by atoms with Gasteiger partial charge in [0.15, 0.2) is 0 Å². The third kappa shape index (κ3) is 13.9. The van der Waals surface area contributed by atoms with Crippen LogP contribution in [0.4, 0.5) is 45.0 Å². The second-order valence-corrected chi connectivity index (χ2v) is 19.2. The number of benzene rings is 3. The lowest BCUT2D eigenvalue weighted by Crippen LogP contribution is -2.46. The molecule has 2 amide bonds. The molecule has 2 aliphatic rings. The van der Waals surface area contributed by atoms with Crippen molar-refractivity contribution in [1.29, 1.82) is 0 Å². The highest BCUT2D eigenvalue weighted by molar-refractivity contribution is 5.94. The molecule has 1 saturated heterocycles. The Morgan fingerprint density at radius 3 is 2.24 bits per heavy atom. The van der Waals surface area contributed by atoms with Gasteiger partial charge < -0.3 is 39.4 Å². The summed E-state index contributed by atoms with van der Waals surface area (Å²) in [5.41, 5.74) is 4.17. The smallest absolute Gasteiger partial charge is 0.381 e. The van der Waals surface area contributed by atoms with Gasteiger partial charge in [-0.25, -0.2) is 13.8 Å². The number of unbranched alkanes of at least 4 members (excludes halogenated alkanes) is 1. The summed E-state index contributed by atoms with van der Waals surface area (Å²) < 4.78 is 77.9. The molecule has 5 aromatic rings. The van der Waals surface area contributed by atoms with Crippen molar-refractivity contribution in [3.8, 4) is 11.1 Å². The maximum atomic E-state index is 14.3. The minimum absolute atomic E-state index is 0.0249. The molecule has 1 unspecified atom stereocenters. The van der Waals surface area contributed by atoms with Gasteiger partial charge in [-0.1, -0.05) is 49.6 Å². The van der Waals surface area contributed by atoms with Crippen LogP contribution in [-0.4, -0.2) is 116 Å². The van der Waals surface area contributed by atoms with Crippen LogP contribution in [0.3, 0.4) is 0 Å². The molecule has 72 heavy (non-hydrogen) atoms. The number of piperazine rings is 1. The van der Waals surface area contributed by atoms with Crippen molar-refractivity contribution >= 4 is 52.6 Å². The molecule has 2 aromatic heterocycles. The number of hydrogen-bond acceptors (Lipinski definition) is 10. The zero-order valence-corrected chi connectivity index (χ0v) is 41.8. The first kappa shape index (κ1) is 53.8. The minimum Gasteiger partial charge on any atom is -0.381 e. The van der Waals surface area contributed by atoms with Crippen molar-refractivity contribution in [1.82, 2.24) is 29.7 Å². The molecule has 13 nitrogen and oxygen atoms in total. The van der Waals surface area contributed by atoms with Gasteiger partial charge in [0.2, 0.25) is 18.3 Å². The van der Waals surface area contributed by atoms with Crippen molar-refractivity contribution in [2.75, 3.05) is 82.2 Å². The zero-order chi connectivity index (χ0) is 51.4. The molecule has 0 radical (unpaired) electrons. The Morgan fingerprint density at radius 1 is 0.861 bits per heavy atom. The van der Waals surface area contributed by atoms with Gasteiger partial charge in [-0.3, -0.25) is 14.5 Å². The van der Waals surface area contributed by atoms with Crippen LogP contribution >= 0.6 is 0 Å². The van der Waals surface area contributed by atoms with Gasteiger partial charge in [0, 0.05) is 121 Å². The number of nitrogens with one attached hydrogen (secondary N) is 2. The fraction of sp³-hybridized carbons (Fsp3) is 0.500. The maximum Gasteiger partial charge on any atom is 0.416 e. The van der Waals surface area contributed by atoms with Crippen LogP contribution in [0.1, 0.15) is 99.4 Å². The first-order chi connectivity index (χ1) is 34.6. The second-order valence-electron chi connectivity index (χ2n) is 19.2. The third-order valence-electron chi connectivity index (χ3n) is 14.0. The standard InChI is InChI=1S/C54H68F5N9O4/c1-53(55,56)41-31-42(54(57,58)59)33-43(32-41)62-52-61-34-45-46(36-68(50(45)63-52)44-13-6-5-7-14-44)40-19-16-39(17-20-40)35-67-25-23-66(24-26-67)22-8-9-28-72-29-11-12-38-18-21-47(49(30-38)64(3)37-70)65(4)48(15-10-27-69)51(71)60-2/h16-21,27,30-34,36-37,44,48H,5-15,22-26,28-29,35H2,1-4H3,(H,60,71)(H,61,62,63). The number of ether oxygens (including phenoxy) is 1. The number of aromatic nitrogens is 3. The lowest BCUT2D eigenvalue weighted by Gasteiger charge is -2.34. The summed E-state index contributed by atoms with van der Waals surface area (Å²) in [6.45, 7) is 7.69. The first-order valence-corrected chi connectivity index (χ1v) is 25.1. The summed E-state index contributed by atoms with van der Waals surface area (Å²) >= 11 is 0. The molecule has 0 bridgehead atoms. The first-order valence-electron chi connectivity index (χ1n) is 25.1. The highest BCUT2D eigenvalue weighted by Crippen LogP contribution is 2.40. The molecule has 18 heteroatoms. The van der Waals surface area contributed by atoms with Gasteiger partial charge in [-0.2, -0.15) is 18.2 Å². The fourth-order valence-corrected chi connectivity index (χ4v) is 9.87. The number of halogens is 5. The number of aryl methyl sites for hydroxylation is 1. The van der Waals surface area contributed by atoms with E-state index in [4.69, 9.17) is 9.72 Å². The van der Waals surface area contributed by atoms with E-state index in [1.807, 2.05) is 23.1 Å². The van der Waals surface area contributed by atoms with Crippen LogP contribution in [0, 0.1) is 0 Å². The third-order valence-corrected chi connectivity index (χ3v) is 14.0. The van der Waals surface area contributed by atoms with Gasteiger partial charge >= 0.3 is 6.18 Å². The average Bonchev–Trinajstić information content (AvgIpc) is 3.76. The minimum atomic E-state index is -4.81. The molecule has 1 aliphatic heterocycles. The zero-order valence-electron chi connectivity index (χ0n) is 41.8. The Balaban J connectivity index is 0.867. The van der Waals surface area contributed by atoms with E-state index in [2.05, 4.69) is 60.4 Å². The van der Waals surface area contributed by atoms with E-state index in [1.165, 1.54) is 10.5 Å². The Morgan fingerprint density at radius 2 is 1.56 bits per heavy atom. The van der Waals surface area contributed by atoms with Crippen LogP contribution < -0.4 is 20.4 Å². The van der Waals surface area contributed by atoms with Gasteiger partial charge in [0.05, 0.1) is 16.9 Å². The number of nitrogens with zero attached hydrogens (tertiary/aromatic N) is 7. The number of likely N-dealkylation sites (N-methyl/N-ethyl adjacent to an activating group) is 2. The molecule has 3 heterocycles. The van der Waals surface area contributed by atoms with Crippen LogP contribution in [0.25, 0.3) is 22.2 Å². The molecule has 3 aromatic carbocycles. The summed E-state index contributed by atoms with van der Waals surface area (Å²) in [4.78, 5) is 53.1. The Hall–Kier alpha value is -5.98. The molecular formula is C54H68F5N9O4. The average molecular weight is 1000 g/mol. The monoisotopic (exact) mass is 1000 g/mol. The van der Waals surface area contributed by atoms with Gasteiger partial charge in [-0.15, -0.1) is 0 Å². The maximum absolute atomic E-state index is 14.3. The van der Waals surface area contributed by atoms with Crippen molar-refractivity contribution in [3.05, 3.63) is 95.3 Å². The molecule has 2 N–H and O–H groups in total. The Kier molecular flexibility index (Phi) is 18.4. The Bertz CT molecular complexity index is 2560. The molecule has 1 aliphatic carbocycles. The SMILES string of the molecule is CNC(=O)C(CCC=O)N(C)c1ccc(CCCOCCCCN2CCN(Cc3ccc(-c4cn(C5CCCCC5)c5nc(Nc6cc(C(C)(F)F)cc(C(F)(F)F)c6)ncc45)cc3)CC2)cc1N(C)C=O. The van der Waals surface area contributed by atoms with E-state index in [0.29, 0.717) is 44.0 Å². The Labute approximate surface area is 419 Å². The summed E-state index contributed by atoms with van der Waals surface area (Å²) in [6, 6.07) is 16.4. The van der Waals surface area contributed by atoms with Crippen molar-refractivity contribution in [2.24, 2.45) is 0 Å². The summed E-state index contributed by atoms with van der Waals surface area (Å²) in [5, 5.41) is 6.27. The van der Waals surface area contributed by atoms with E-state index in [1.54, 1.807) is 27.3 Å². The molecule has 1 atom stereocenters. The number of fused-ring (bicyclic) bond motifs is 1. The van der Waals surface area contributed by atoms with Crippen LogP contribution in [-0.2, 0) is 44.2 Å². The molecule has 1 saturated carbocycles. The highest BCUT2D eigenvalue weighted by atomic mass is 19.4. The normalized spacial score (nSPS) is 15.6. The predicted molar refractivity (Wildman–Crippen MR) is 272 cm³/mol. The van der Waals surface area contributed by atoms with Crippen LogP contribution in [0.15, 0.2) is 73.1 Å². The highest BCUT2D eigenvalue weighted by Gasteiger charge is 2.35. The van der Waals surface area contributed by atoms with E-state index in [0.717, 1.165) is 150 Å². The van der Waals surface area contributed by atoms with Gasteiger partial charge in [0.1, 0.15) is 18.0 Å². The molecule has 388 valence electrons. The summed E-state index contributed by atoms with van der Waals surface area (Å²) in [5.74, 6) is -3.65. The number of carbonyl (C=O) groups is 3. The fourth-order valence-electron chi connectivity index (χ4n) is 9.87. The van der Waals surface area contributed by atoms with Gasteiger partial charge in [-0.05, 0) is 98.5 Å². The van der Waals surface area contributed by atoms with Crippen molar-refractivity contribution < 1.29 is 41.1 Å². The van der Waals surface area contributed by atoms with E-state index < -0.39 is 29.3 Å². The topological polar surface area (TPSA) is 128 Å². The van der Waals surface area contributed by atoms with Crippen molar-refractivity contribution in [3.63, 3.8) is 0 Å².